The van der Waals surface area contributed by atoms with E-state index in [1.807, 2.05) is 0 Å². The quantitative estimate of drug-likeness (QED) is 0.780. The van der Waals surface area contributed by atoms with E-state index in [0.29, 0.717) is 0 Å². The average Bonchev–Trinajstić information content (AvgIpc) is 2.64. The monoisotopic (exact) mass is 253 g/mol. The number of rotatable bonds is 3. The van der Waals surface area contributed by atoms with Crippen LogP contribution in [0.4, 0.5) is 0 Å². The van der Waals surface area contributed by atoms with Crippen molar-refractivity contribution in [3.8, 4) is 0 Å². The van der Waals surface area contributed by atoms with E-state index in [4.69, 9.17) is 5.73 Å². The molecule has 3 unspecified atom stereocenters. The minimum atomic E-state index is 0.744. The first-order chi connectivity index (χ1) is 8.76. The molecule has 1 saturated carbocycles. The van der Waals surface area contributed by atoms with Crippen molar-refractivity contribution in [3.63, 3.8) is 0 Å². The third-order valence-corrected chi connectivity index (χ3v) is 5.17. The van der Waals surface area contributed by atoms with Crippen LogP contribution in [-0.2, 0) is 0 Å². The van der Waals surface area contributed by atoms with E-state index in [1.165, 1.54) is 58.2 Å². The van der Waals surface area contributed by atoms with Crippen LogP contribution < -0.4 is 5.73 Å². The molecule has 0 aromatic rings. The van der Waals surface area contributed by atoms with Gasteiger partial charge in [0.2, 0.25) is 0 Å². The molecule has 106 valence electrons. The molecule has 2 fully saturated rings. The zero-order valence-electron chi connectivity index (χ0n) is 12.3. The van der Waals surface area contributed by atoms with E-state index in [-0.39, 0.29) is 0 Å². The van der Waals surface area contributed by atoms with Crippen LogP contribution in [0, 0.1) is 5.92 Å². The summed E-state index contributed by atoms with van der Waals surface area (Å²) in [6, 6.07) is 1.51. The Hall–Kier alpha value is -0.120. The van der Waals surface area contributed by atoms with Crippen LogP contribution in [-0.4, -0.2) is 55.1 Å². The lowest BCUT2D eigenvalue weighted by Gasteiger charge is -2.44. The van der Waals surface area contributed by atoms with Crippen LogP contribution in [0.3, 0.4) is 0 Å². The van der Waals surface area contributed by atoms with E-state index < -0.39 is 0 Å². The molecule has 3 heteroatoms. The molecule has 1 heterocycles. The summed E-state index contributed by atoms with van der Waals surface area (Å²) >= 11 is 0. The molecule has 0 aromatic heterocycles. The van der Waals surface area contributed by atoms with Crippen molar-refractivity contribution in [1.82, 2.24) is 9.80 Å². The van der Waals surface area contributed by atoms with Crippen molar-refractivity contribution in [2.24, 2.45) is 11.7 Å². The second-order valence-electron chi connectivity index (χ2n) is 6.24. The van der Waals surface area contributed by atoms with Gasteiger partial charge in [-0.25, -0.2) is 0 Å². The number of nitrogens with zero attached hydrogens (tertiary/aromatic N) is 2. The van der Waals surface area contributed by atoms with Crippen LogP contribution in [0.5, 0.6) is 0 Å². The number of likely N-dealkylation sites (N-methyl/N-ethyl adjacent to an activating group) is 1. The minimum Gasteiger partial charge on any atom is -0.330 e. The summed E-state index contributed by atoms with van der Waals surface area (Å²) in [7, 11) is 2.28. The second-order valence-corrected chi connectivity index (χ2v) is 6.24. The van der Waals surface area contributed by atoms with Gasteiger partial charge in [0.15, 0.2) is 0 Å². The molecule has 0 radical (unpaired) electrons. The van der Waals surface area contributed by atoms with E-state index in [2.05, 4.69) is 23.8 Å². The van der Waals surface area contributed by atoms with Gasteiger partial charge in [0, 0.05) is 31.7 Å². The van der Waals surface area contributed by atoms with Gasteiger partial charge >= 0.3 is 0 Å². The second kappa shape index (κ2) is 6.88. The van der Waals surface area contributed by atoms with Crippen molar-refractivity contribution in [3.05, 3.63) is 0 Å². The fraction of sp³-hybridized carbons (Fsp3) is 1.00. The maximum Gasteiger partial charge on any atom is 0.0218 e. The van der Waals surface area contributed by atoms with Gasteiger partial charge < -0.3 is 10.6 Å². The Morgan fingerprint density at radius 1 is 1.11 bits per heavy atom. The highest BCUT2D eigenvalue weighted by molar-refractivity contribution is 4.88. The number of hydrogen-bond donors (Lipinski definition) is 1. The first-order valence-corrected chi connectivity index (χ1v) is 7.90. The summed E-state index contributed by atoms with van der Waals surface area (Å²) in [4.78, 5) is 5.29. The molecule has 0 amide bonds. The summed E-state index contributed by atoms with van der Waals surface area (Å²) in [5.41, 5.74) is 6.03. The Labute approximate surface area is 113 Å². The van der Waals surface area contributed by atoms with Gasteiger partial charge in [-0.15, -0.1) is 0 Å². The molecule has 1 saturated heterocycles. The highest BCUT2D eigenvalue weighted by Gasteiger charge is 2.32. The number of piperazine rings is 1. The lowest BCUT2D eigenvalue weighted by molar-refractivity contribution is 0.0395. The molecular weight excluding hydrogens is 222 g/mol. The Morgan fingerprint density at radius 3 is 2.61 bits per heavy atom. The van der Waals surface area contributed by atoms with E-state index >= 15 is 0 Å². The zero-order valence-corrected chi connectivity index (χ0v) is 12.3. The van der Waals surface area contributed by atoms with E-state index in [1.54, 1.807) is 0 Å². The van der Waals surface area contributed by atoms with Crippen LogP contribution in [0.2, 0.25) is 0 Å². The van der Waals surface area contributed by atoms with Crippen molar-refractivity contribution in [2.45, 2.75) is 57.5 Å². The van der Waals surface area contributed by atoms with E-state index in [0.717, 1.165) is 24.5 Å². The standard InChI is InChI=1S/C15H31N3/c1-3-14-12-18(10-9-17(14)2)15-8-6-4-5-7-13(15)11-16/h13-15H,3-12,16H2,1-2H3. The van der Waals surface area contributed by atoms with Gasteiger partial charge in [-0.1, -0.05) is 26.2 Å². The fourth-order valence-corrected chi connectivity index (χ4v) is 3.83. The minimum absolute atomic E-state index is 0.744. The summed E-state index contributed by atoms with van der Waals surface area (Å²) in [6.07, 6.45) is 8.21. The highest BCUT2D eigenvalue weighted by Crippen LogP contribution is 2.28. The molecule has 2 rings (SSSR count). The molecule has 0 bridgehead atoms. The largest absolute Gasteiger partial charge is 0.330 e. The van der Waals surface area contributed by atoms with Crippen molar-refractivity contribution in [1.29, 1.82) is 0 Å². The average molecular weight is 253 g/mol. The molecule has 2 aliphatic rings. The van der Waals surface area contributed by atoms with Crippen molar-refractivity contribution < 1.29 is 0 Å². The third-order valence-electron chi connectivity index (χ3n) is 5.17. The van der Waals surface area contributed by atoms with Crippen LogP contribution in [0.15, 0.2) is 0 Å². The normalized spacial score (nSPS) is 36.5. The molecular formula is C15H31N3. The highest BCUT2D eigenvalue weighted by atomic mass is 15.3. The molecule has 1 aliphatic carbocycles. The number of hydrogen-bond acceptors (Lipinski definition) is 3. The third kappa shape index (κ3) is 3.25. The number of nitrogens with two attached hydrogens (primary N) is 1. The lowest BCUT2D eigenvalue weighted by atomic mass is 9.92. The Balaban J connectivity index is 1.99. The Kier molecular flexibility index (Phi) is 5.46. The molecule has 0 aromatic carbocycles. The molecule has 1 aliphatic heterocycles. The molecule has 3 nitrogen and oxygen atoms in total. The van der Waals surface area contributed by atoms with Crippen LogP contribution in [0.25, 0.3) is 0 Å². The molecule has 0 spiro atoms. The first kappa shape index (κ1) is 14.3. The topological polar surface area (TPSA) is 32.5 Å². The summed E-state index contributed by atoms with van der Waals surface area (Å²) in [6.45, 7) is 6.93. The van der Waals surface area contributed by atoms with Gasteiger partial charge in [-0.05, 0) is 38.8 Å². The van der Waals surface area contributed by atoms with Crippen molar-refractivity contribution >= 4 is 0 Å². The smallest absolute Gasteiger partial charge is 0.0218 e. The summed E-state index contributed by atoms with van der Waals surface area (Å²) in [5.74, 6) is 0.744. The van der Waals surface area contributed by atoms with Gasteiger partial charge in [0.1, 0.15) is 0 Å². The summed E-state index contributed by atoms with van der Waals surface area (Å²) < 4.78 is 0. The predicted molar refractivity (Wildman–Crippen MR) is 77.7 cm³/mol. The summed E-state index contributed by atoms with van der Waals surface area (Å²) in [5, 5.41) is 0. The molecule has 18 heavy (non-hydrogen) atoms. The predicted octanol–water partition coefficient (Wildman–Crippen LogP) is 1.92. The van der Waals surface area contributed by atoms with Gasteiger partial charge in [-0.3, -0.25) is 4.90 Å². The van der Waals surface area contributed by atoms with Crippen LogP contribution in [0.1, 0.15) is 45.4 Å². The van der Waals surface area contributed by atoms with Crippen LogP contribution >= 0.6 is 0 Å². The van der Waals surface area contributed by atoms with Crippen molar-refractivity contribution in [2.75, 3.05) is 33.2 Å². The first-order valence-electron chi connectivity index (χ1n) is 7.90. The lowest BCUT2D eigenvalue weighted by Crippen LogP contribution is -2.56. The maximum absolute atomic E-state index is 6.03. The Morgan fingerprint density at radius 2 is 1.89 bits per heavy atom. The Bertz CT molecular complexity index is 244. The van der Waals surface area contributed by atoms with E-state index in [9.17, 15) is 0 Å². The maximum atomic E-state index is 6.03. The van der Waals surface area contributed by atoms with Gasteiger partial charge in [0.25, 0.3) is 0 Å². The van der Waals surface area contributed by atoms with Gasteiger partial charge in [-0.2, -0.15) is 0 Å². The molecule has 2 N–H and O–H groups in total. The fourth-order valence-electron chi connectivity index (χ4n) is 3.83. The SMILES string of the molecule is CCC1CN(C2CCCCCC2CN)CCN1C. The zero-order chi connectivity index (χ0) is 13.0. The van der Waals surface area contributed by atoms with Gasteiger partial charge in [0.05, 0.1) is 0 Å². The molecule has 3 atom stereocenters.